The van der Waals surface area contributed by atoms with Gasteiger partial charge < -0.3 is 14.2 Å². The summed E-state index contributed by atoms with van der Waals surface area (Å²) >= 11 is 0. The van der Waals surface area contributed by atoms with Crippen LogP contribution < -0.4 is 0 Å². The number of hydrogen-bond donors (Lipinski definition) is 0. The maximum atomic E-state index is 12.6. The van der Waals surface area contributed by atoms with Crippen molar-refractivity contribution >= 4 is 11.8 Å². The van der Waals surface area contributed by atoms with Crippen molar-refractivity contribution in [2.75, 3.05) is 19.6 Å². The highest BCUT2D eigenvalue weighted by molar-refractivity contribution is 5.92. The number of nitrogens with zero attached hydrogens (tertiary/aromatic N) is 3. The van der Waals surface area contributed by atoms with E-state index in [0.717, 1.165) is 38.1 Å². The molecule has 6 nitrogen and oxygen atoms in total. The van der Waals surface area contributed by atoms with Gasteiger partial charge >= 0.3 is 0 Å². The molecular weight excluding hydrogens is 294 g/mol. The predicted molar refractivity (Wildman–Crippen MR) is 83.0 cm³/mol. The lowest BCUT2D eigenvalue weighted by Crippen LogP contribution is -2.39. The van der Waals surface area contributed by atoms with Crippen LogP contribution in [0.5, 0.6) is 0 Å². The normalized spacial score (nSPS) is 25.7. The average molecular weight is 317 g/mol. The Morgan fingerprint density at radius 1 is 1.17 bits per heavy atom. The molecular formula is C17H23N3O3. The van der Waals surface area contributed by atoms with Crippen LogP contribution in [0.2, 0.25) is 0 Å². The van der Waals surface area contributed by atoms with Gasteiger partial charge in [0.15, 0.2) is 11.6 Å². The van der Waals surface area contributed by atoms with Gasteiger partial charge in [0.2, 0.25) is 5.91 Å². The maximum Gasteiger partial charge on any atom is 0.275 e. The molecule has 0 N–H and O–H groups in total. The molecule has 3 heterocycles. The van der Waals surface area contributed by atoms with Crippen molar-refractivity contribution in [2.24, 2.45) is 0 Å². The predicted octanol–water partition coefficient (Wildman–Crippen LogP) is 2.17. The molecule has 3 fully saturated rings. The lowest BCUT2D eigenvalue weighted by Gasteiger charge is -2.23. The molecule has 0 aromatic carbocycles. The molecule has 2 aliphatic heterocycles. The van der Waals surface area contributed by atoms with Crippen LogP contribution in [0.1, 0.15) is 67.2 Å². The van der Waals surface area contributed by atoms with E-state index in [9.17, 15) is 9.59 Å². The van der Waals surface area contributed by atoms with Gasteiger partial charge in [0.25, 0.3) is 5.91 Å². The first-order valence-corrected chi connectivity index (χ1v) is 8.76. The highest BCUT2D eigenvalue weighted by Crippen LogP contribution is 2.33. The van der Waals surface area contributed by atoms with Crippen molar-refractivity contribution in [2.45, 2.75) is 56.9 Å². The largest absolute Gasteiger partial charge is 0.448 e. The number of carbonyl (C=O) groups is 2. The molecule has 3 aliphatic rings. The molecule has 1 aromatic rings. The summed E-state index contributed by atoms with van der Waals surface area (Å²) in [6.45, 7) is 2.15. The molecule has 0 radical (unpaired) electrons. The number of hydrogen-bond acceptors (Lipinski definition) is 4. The molecule has 6 heteroatoms. The first-order chi connectivity index (χ1) is 11.2. The Hall–Kier alpha value is -1.85. The number of likely N-dealkylation sites (tertiary alicyclic amines) is 2. The van der Waals surface area contributed by atoms with Crippen LogP contribution in [0.25, 0.3) is 0 Å². The third-order valence-corrected chi connectivity index (χ3v) is 5.45. The summed E-state index contributed by atoms with van der Waals surface area (Å²) in [6, 6.07) is 0.176. The minimum atomic E-state index is -0.0628. The van der Waals surface area contributed by atoms with Crippen LogP contribution in [0.4, 0.5) is 0 Å². The van der Waals surface area contributed by atoms with E-state index < -0.39 is 0 Å². The Balaban J connectivity index is 1.40. The standard InChI is InChI=1S/C17H23N3O3/c21-15-6-3-8-20(15)13-7-9-19(10-13)17(22)14-11-23-16(18-14)12-4-1-2-5-12/h11-13H,1-10H2. The Morgan fingerprint density at radius 2 is 2.00 bits per heavy atom. The van der Waals surface area contributed by atoms with Gasteiger partial charge in [0.05, 0.1) is 6.04 Å². The molecule has 0 bridgehead atoms. The van der Waals surface area contributed by atoms with Gasteiger partial charge in [-0.2, -0.15) is 0 Å². The Bertz CT molecular complexity index is 606. The van der Waals surface area contributed by atoms with E-state index in [4.69, 9.17) is 4.42 Å². The average Bonchev–Trinajstić information content (AvgIpc) is 3.31. The number of amides is 2. The van der Waals surface area contributed by atoms with E-state index in [1.54, 1.807) is 0 Å². The highest BCUT2D eigenvalue weighted by Gasteiger charge is 2.36. The van der Waals surface area contributed by atoms with Crippen molar-refractivity contribution in [3.05, 3.63) is 17.8 Å². The molecule has 1 atom stereocenters. The molecule has 4 rings (SSSR count). The van der Waals surface area contributed by atoms with E-state index in [0.29, 0.717) is 31.1 Å². The monoisotopic (exact) mass is 317 g/mol. The number of oxazole rings is 1. The fraction of sp³-hybridized carbons (Fsp3) is 0.706. The van der Waals surface area contributed by atoms with Gasteiger partial charge in [-0.05, 0) is 25.7 Å². The van der Waals surface area contributed by atoms with E-state index in [-0.39, 0.29) is 17.9 Å². The van der Waals surface area contributed by atoms with Crippen molar-refractivity contribution in [1.82, 2.24) is 14.8 Å². The van der Waals surface area contributed by atoms with Crippen LogP contribution in [0, 0.1) is 0 Å². The molecule has 1 saturated carbocycles. The first kappa shape index (κ1) is 14.7. The maximum absolute atomic E-state index is 12.6. The molecule has 1 unspecified atom stereocenters. The lowest BCUT2D eigenvalue weighted by molar-refractivity contribution is -0.129. The summed E-state index contributed by atoms with van der Waals surface area (Å²) in [7, 11) is 0. The van der Waals surface area contributed by atoms with Crippen molar-refractivity contribution in [3.8, 4) is 0 Å². The molecule has 1 aliphatic carbocycles. The Kier molecular flexibility index (Phi) is 3.83. The van der Waals surface area contributed by atoms with E-state index in [2.05, 4.69) is 4.98 Å². The van der Waals surface area contributed by atoms with E-state index >= 15 is 0 Å². The zero-order chi connectivity index (χ0) is 15.8. The Labute approximate surface area is 135 Å². The van der Waals surface area contributed by atoms with Gasteiger partial charge in [0, 0.05) is 32.0 Å². The van der Waals surface area contributed by atoms with Gasteiger partial charge in [-0.1, -0.05) is 12.8 Å². The minimum Gasteiger partial charge on any atom is -0.448 e. The molecule has 124 valence electrons. The summed E-state index contributed by atoms with van der Waals surface area (Å²) in [5, 5.41) is 0. The smallest absolute Gasteiger partial charge is 0.275 e. The summed E-state index contributed by atoms with van der Waals surface area (Å²) in [5.74, 6) is 1.27. The molecule has 2 amide bonds. The quantitative estimate of drug-likeness (QED) is 0.857. The lowest BCUT2D eigenvalue weighted by atomic mass is 10.1. The van der Waals surface area contributed by atoms with Crippen LogP contribution in [-0.2, 0) is 4.79 Å². The van der Waals surface area contributed by atoms with E-state index in [1.165, 1.54) is 19.1 Å². The van der Waals surface area contributed by atoms with Gasteiger partial charge in [-0.25, -0.2) is 4.98 Å². The Morgan fingerprint density at radius 3 is 2.74 bits per heavy atom. The summed E-state index contributed by atoms with van der Waals surface area (Å²) in [5.41, 5.74) is 0.417. The van der Waals surface area contributed by atoms with Crippen LogP contribution in [0.3, 0.4) is 0 Å². The second-order valence-corrected chi connectivity index (χ2v) is 6.94. The fourth-order valence-electron chi connectivity index (χ4n) is 4.14. The van der Waals surface area contributed by atoms with Crippen LogP contribution in [-0.4, -0.2) is 52.3 Å². The number of carbonyl (C=O) groups excluding carboxylic acids is 2. The first-order valence-electron chi connectivity index (χ1n) is 8.76. The SMILES string of the molecule is O=C(c1coc(C2CCCC2)n1)N1CCC(N2CCCC2=O)C1. The van der Waals surface area contributed by atoms with Crippen molar-refractivity contribution in [3.63, 3.8) is 0 Å². The summed E-state index contributed by atoms with van der Waals surface area (Å²) in [4.78, 5) is 32.7. The minimum absolute atomic E-state index is 0.0628. The van der Waals surface area contributed by atoms with Crippen LogP contribution in [0.15, 0.2) is 10.7 Å². The van der Waals surface area contributed by atoms with Gasteiger partial charge in [-0.15, -0.1) is 0 Å². The molecule has 0 spiro atoms. The van der Waals surface area contributed by atoms with Gasteiger partial charge in [-0.3, -0.25) is 9.59 Å². The fourth-order valence-corrected chi connectivity index (χ4v) is 4.14. The van der Waals surface area contributed by atoms with Crippen molar-refractivity contribution < 1.29 is 14.0 Å². The molecule has 2 saturated heterocycles. The van der Waals surface area contributed by atoms with Crippen LogP contribution >= 0.6 is 0 Å². The number of rotatable bonds is 3. The summed E-state index contributed by atoms with van der Waals surface area (Å²) < 4.78 is 5.55. The second-order valence-electron chi connectivity index (χ2n) is 6.94. The van der Waals surface area contributed by atoms with Gasteiger partial charge in [0.1, 0.15) is 6.26 Å². The molecule has 1 aromatic heterocycles. The zero-order valence-electron chi connectivity index (χ0n) is 13.4. The third-order valence-electron chi connectivity index (χ3n) is 5.45. The second kappa shape index (κ2) is 5.98. The van der Waals surface area contributed by atoms with E-state index in [1.807, 2.05) is 9.80 Å². The third kappa shape index (κ3) is 2.75. The molecule has 23 heavy (non-hydrogen) atoms. The number of aromatic nitrogens is 1. The zero-order valence-corrected chi connectivity index (χ0v) is 13.4. The summed E-state index contributed by atoms with van der Waals surface area (Å²) in [6.07, 6.45) is 8.61. The van der Waals surface area contributed by atoms with Crippen molar-refractivity contribution in [1.29, 1.82) is 0 Å². The topological polar surface area (TPSA) is 66.7 Å². The highest BCUT2D eigenvalue weighted by atomic mass is 16.3.